The summed E-state index contributed by atoms with van der Waals surface area (Å²) in [5, 5.41) is 0. The van der Waals surface area contributed by atoms with Gasteiger partial charge in [0.1, 0.15) is 0 Å². The molecule has 1 atom stereocenters. The van der Waals surface area contributed by atoms with Crippen molar-refractivity contribution in [3.05, 3.63) is 28.8 Å². The molecule has 0 spiro atoms. The van der Waals surface area contributed by atoms with Gasteiger partial charge >= 0.3 is 5.97 Å². The summed E-state index contributed by atoms with van der Waals surface area (Å²) in [5.41, 5.74) is 1.40. The van der Waals surface area contributed by atoms with Crippen LogP contribution < -0.4 is 0 Å². The van der Waals surface area contributed by atoms with Gasteiger partial charge in [0, 0.05) is 10.7 Å². The lowest BCUT2D eigenvalue weighted by Gasteiger charge is -2.13. The third-order valence-corrected chi connectivity index (χ3v) is 4.35. The van der Waals surface area contributed by atoms with E-state index in [0.29, 0.717) is 17.5 Å². The minimum absolute atomic E-state index is 0.0594. The number of carbonyl (C=O) groups excluding carboxylic acids is 1. The topological polar surface area (TPSA) is 60.4 Å². The number of benzene rings is 1. The molecule has 0 bridgehead atoms. The quantitative estimate of drug-likeness (QED) is 0.633. The van der Waals surface area contributed by atoms with Crippen molar-refractivity contribution in [2.45, 2.75) is 45.1 Å². The molecule has 106 valence electrons. The first-order valence-corrected chi connectivity index (χ1v) is 8.24. The first kappa shape index (κ1) is 16.0. The molecule has 0 radical (unpaired) electrons. The van der Waals surface area contributed by atoms with Gasteiger partial charge in [-0.2, -0.15) is 0 Å². The third kappa shape index (κ3) is 3.94. The molecule has 0 saturated heterocycles. The number of aryl methyl sites for hydroxylation is 2. The first-order valence-electron chi connectivity index (χ1n) is 5.93. The largest absolute Gasteiger partial charge is 0.459 e. The van der Waals surface area contributed by atoms with E-state index in [1.807, 2.05) is 6.92 Å². The highest BCUT2D eigenvalue weighted by Crippen LogP contribution is 2.24. The van der Waals surface area contributed by atoms with Gasteiger partial charge in [-0.1, -0.05) is 13.0 Å². The van der Waals surface area contributed by atoms with E-state index in [1.54, 1.807) is 26.8 Å². The summed E-state index contributed by atoms with van der Waals surface area (Å²) in [6.07, 6.45) is 0.474. The lowest BCUT2D eigenvalue weighted by atomic mass is 10.1. The van der Waals surface area contributed by atoms with Gasteiger partial charge in [-0.25, -0.2) is 13.2 Å². The van der Waals surface area contributed by atoms with E-state index in [0.717, 1.165) is 0 Å². The zero-order chi connectivity index (χ0) is 14.8. The van der Waals surface area contributed by atoms with Crippen LogP contribution >= 0.6 is 10.7 Å². The molecular formula is C13H17ClO4S. The minimum atomic E-state index is -3.88. The van der Waals surface area contributed by atoms with Crippen molar-refractivity contribution in [1.29, 1.82) is 0 Å². The van der Waals surface area contributed by atoms with Gasteiger partial charge in [-0.3, -0.25) is 0 Å². The highest BCUT2D eigenvalue weighted by molar-refractivity contribution is 8.13. The fraction of sp³-hybridized carbons (Fsp3) is 0.462. The molecule has 0 aromatic heterocycles. The average molecular weight is 305 g/mol. The minimum Gasteiger partial charge on any atom is -0.459 e. The Kier molecular flexibility index (Phi) is 4.98. The van der Waals surface area contributed by atoms with E-state index in [-0.39, 0.29) is 16.6 Å². The van der Waals surface area contributed by atoms with Crippen LogP contribution in [0.5, 0.6) is 0 Å². The van der Waals surface area contributed by atoms with Crippen LogP contribution in [0.3, 0.4) is 0 Å². The Balaban J connectivity index is 3.26. The van der Waals surface area contributed by atoms with Crippen LogP contribution in [0.15, 0.2) is 17.0 Å². The zero-order valence-electron chi connectivity index (χ0n) is 11.4. The maximum atomic E-state index is 12.0. The SMILES string of the molecule is CCC(C)OC(=O)c1cc(S(=O)(=O)Cl)c(C)cc1C. The summed E-state index contributed by atoms with van der Waals surface area (Å²) in [4.78, 5) is 11.9. The summed E-state index contributed by atoms with van der Waals surface area (Å²) >= 11 is 0. The molecule has 0 aliphatic heterocycles. The number of halogens is 1. The molecule has 0 N–H and O–H groups in total. The highest BCUT2D eigenvalue weighted by Gasteiger charge is 2.20. The molecule has 1 aromatic carbocycles. The number of hydrogen-bond donors (Lipinski definition) is 0. The molecule has 1 aromatic rings. The standard InChI is InChI=1S/C13H17ClO4S/c1-5-10(4)18-13(15)11-7-12(19(14,16)17)9(3)6-8(11)2/h6-7,10H,5H2,1-4H3. The van der Waals surface area contributed by atoms with Crippen LogP contribution in [0.1, 0.15) is 41.8 Å². The van der Waals surface area contributed by atoms with E-state index in [2.05, 4.69) is 0 Å². The molecule has 0 amide bonds. The molecule has 0 saturated carbocycles. The zero-order valence-corrected chi connectivity index (χ0v) is 12.9. The average Bonchev–Trinajstić information content (AvgIpc) is 2.26. The molecule has 6 heteroatoms. The lowest BCUT2D eigenvalue weighted by molar-refractivity contribution is 0.0333. The lowest BCUT2D eigenvalue weighted by Crippen LogP contribution is -2.15. The Hall–Kier alpha value is -1.07. The third-order valence-electron chi connectivity index (χ3n) is 2.89. The Bertz CT molecular complexity index is 593. The number of ether oxygens (including phenoxy) is 1. The van der Waals surface area contributed by atoms with E-state index in [1.165, 1.54) is 6.07 Å². The van der Waals surface area contributed by atoms with Crippen molar-refractivity contribution >= 4 is 25.7 Å². The highest BCUT2D eigenvalue weighted by atomic mass is 35.7. The van der Waals surface area contributed by atoms with Crippen LogP contribution in [0.25, 0.3) is 0 Å². The monoisotopic (exact) mass is 304 g/mol. The fourth-order valence-corrected chi connectivity index (χ4v) is 2.85. The second-order valence-electron chi connectivity index (χ2n) is 4.49. The molecule has 0 fully saturated rings. The molecular weight excluding hydrogens is 288 g/mol. The van der Waals surface area contributed by atoms with Gasteiger partial charge in [0.05, 0.1) is 16.6 Å². The van der Waals surface area contributed by atoms with E-state index >= 15 is 0 Å². The van der Waals surface area contributed by atoms with Crippen molar-refractivity contribution in [2.75, 3.05) is 0 Å². The normalized spacial score (nSPS) is 13.1. The van der Waals surface area contributed by atoms with Gasteiger partial charge < -0.3 is 4.74 Å². The number of rotatable bonds is 4. The molecule has 1 rings (SSSR count). The Morgan fingerprint density at radius 1 is 1.32 bits per heavy atom. The maximum absolute atomic E-state index is 12.0. The van der Waals surface area contributed by atoms with Gasteiger partial charge in [-0.15, -0.1) is 0 Å². The number of hydrogen-bond acceptors (Lipinski definition) is 4. The van der Waals surface area contributed by atoms with Gasteiger partial charge in [0.25, 0.3) is 9.05 Å². The van der Waals surface area contributed by atoms with Gasteiger partial charge in [0.15, 0.2) is 0 Å². The van der Waals surface area contributed by atoms with Crippen LogP contribution in [0, 0.1) is 13.8 Å². The van der Waals surface area contributed by atoms with Crippen molar-refractivity contribution in [1.82, 2.24) is 0 Å². The van der Waals surface area contributed by atoms with Gasteiger partial charge in [-0.05, 0) is 44.4 Å². The summed E-state index contributed by atoms with van der Waals surface area (Å²) < 4.78 is 28.1. The molecule has 0 heterocycles. The fourth-order valence-electron chi connectivity index (χ4n) is 1.64. The van der Waals surface area contributed by atoms with Crippen LogP contribution in [0.2, 0.25) is 0 Å². The van der Waals surface area contributed by atoms with Crippen LogP contribution in [0.4, 0.5) is 0 Å². The number of esters is 1. The Labute approximate surface area is 118 Å². The van der Waals surface area contributed by atoms with Crippen molar-refractivity contribution in [3.8, 4) is 0 Å². The molecule has 1 unspecified atom stereocenters. The summed E-state index contributed by atoms with van der Waals surface area (Å²) in [6, 6.07) is 2.89. The Morgan fingerprint density at radius 2 is 1.89 bits per heavy atom. The van der Waals surface area contributed by atoms with E-state index in [9.17, 15) is 13.2 Å². The summed E-state index contributed by atoms with van der Waals surface area (Å²) in [6.45, 7) is 7.03. The van der Waals surface area contributed by atoms with Crippen molar-refractivity contribution in [3.63, 3.8) is 0 Å². The van der Waals surface area contributed by atoms with Crippen molar-refractivity contribution in [2.24, 2.45) is 0 Å². The smallest absolute Gasteiger partial charge is 0.338 e. The predicted octanol–water partition coefficient (Wildman–Crippen LogP) is 3.19. The van der Waals surface area contributed by atoms with Crippen LogP contribution in [-0.2, 0) is 13.8 Å². The van der Waals surface area contributed by atoms with Crippen molar-refractivity contribution < 1.29 is 17.9 Å². The number of carbonyl (C=O) groups is 1. The second kappa shape index (κ2) is 5.92. The second-order valence-corrected chi connectivity index (χ2v) is 7.03. The molecule has 0 aliphatic rings. The van der Waals surface area contributed by atoms with E-state index in [4.69, 9.17) is 15.4 Å². The molecule has 19 heavy (non-hydrogen) atoms. The predicted molar refractivity (Wildman–Crippen MR) is 74.1 cm³/mol. The van der Waals surface area contributed by atoms with Gasteiger partial charge in [0.2, 0.25) is 0 Å². The summed E-state index contributed by atoms with van der Waals surface area (Å²) in [7, 11) is 1.47. The first-order chi connectivity index (χ1) is 8.66. The maximum Gasteiger partial charge on any atom is 0.338 e. The summed E-state index contributed by atoms with van der Waals surface area (Å²) in [5.74, 6) is -0.534. The molecule has 0 aliphatic carbocycles. The van der Waals surface area contributed by atoms with Crippen LogP contribution in [-0.4, -0.2) is 20.5 Å². The Morgan fingerprint density at radius 3 is 2.37 bits per heavy atom. The molecule has 4 nitrogen and oxygen atoms in total. The van der Waals surface area contributed by atoms with E-state index < -0.39 is 15.0 Å².